The molecule has 0 saturated heterocycles. The van der Waals surface area contributed by atoms with Crippen LogP contribution in [0.2, 0.25) is 0 Å². The molecule has 1 aliphatic rings. The van der Waals surface area contributed by atoms with E-state index in [9.17, 15) is 0 Å². The van der Waals surface area contributed by atoms with Gasteiger partial charge in [0.1, 0.15) is 12.0 Å². The summed E-state index contributed by atoms with van der Waals surface area (Å²) >= 11 is 0. The summed E-state index contributed by atoms with van der Waals surface area (Å²) in [5, 5.41) is 3.38. The van der Waals surface area contributed by atoms with Crippen molar-refractivity contribution in [3.05, 3.63) is 42.0 Å². The summed E-state index contributed by atoms with van der Waals surface area (Å²) < 4.78 is 0. The maximum atomic E-state index is 4.66. The third kappa shape index (κ3) is 1.94. The molecule has 1 unspecified atom stereocenters. The van der Waals surface area contributed by atoms with Crippen LogP contribution in [0.4, 0.5) is 5.69 Å². The number of aliphatic imine (C=N–C) groups is 1. The Hall–Kier alpha value is -1.77. The first kappa shape index (κ1) is 10.7. The van der Waals surface area contributed by atoms with Crippen molar-refractivity contribution in [3.63, 3.8) is 0 Å². The van der Waals surface area contributed by atoms with Crippen molar-refractivity contribution in [2.24, 2.45) is 4.99 Å². The Labute approximate surface area is 96.5 Å². The smallest absolute Gasteiger partial charge is 0.140 e. The zero-order chi connectivity index (χ0) is 11.5. The van der Waals surface area contributed by atoms with E-state index in [4.69, 9.17) is 0 Å². The summed E-state index contributed by atoms with van der Waals surface area (Å²) in [5.41, 5.74) is 2.30. The fraction of sp³-hybridized carbons (Fsp3) is 0.308. The highest BCUT2D eigenvalue weighted by Crippen LogP contribution is 2.23. The first-order chi connectivity index (χ1) is 7.72. The SMILES string of the molecule is CC=CC1N=C(N(C)C)c2ccccc2N1. The van der Waals surface area contributed by atoms with Gasteiger partial charge in [-0.2, -0.15) is 0 Å². The number of para-hydroxylation sites is 1. The van der Waals surface area contributed by atoms with Crippen molar-refractivity contribution in [3.8, 4) is 0 Å². The van der Waals surface area contributed by atoms with Gasteiger partial charge in [-0.15, -0.1) is 0 Å². The molecular formula is C13H17N3. The van der Waals surface area contributed by atoms with Gasteiger partial charge in [0.15, 0.2) is 0 Å². The molecule has 1 aliphatic heterocycles. The topological polar surface area (TPSA) is 27.6 Å². The van der Waals surface area contributed by atoms with E-state index in [0.717, 1.165) is 17.1 Å². The molecule has 1 heterocycles. The zero-order valence-electron chi connectivity index (χ0n) is 9.94. The molecule has 3 heteroatoms. The predicted octanol–water partition coefficient (Wildman–Crippen LogP) is 2.32. The summed E-state index contributed by atoms with van der Waals surface area (Å²) in [6.07, 6.45) is 4.11. The van der Waals surface area contributed by atoms with Crippen molar-refractivity contribution in [1.82, 2.24) is 4.90 Å². The lowest BCUT2D eigenvalue weighted by atomic mass is 10.1. The molecule has 0 amide bonds. The van der Waals surface area contributed by atoms with E-state index in [2.05, 4.69) is 33.4 Å². The second-order valence-electron chi connectivity index (χ2n) is 4.01. The Morgan fingerprint density at radius 2 is 2.06 bits per heavy atom. The Kier molecular flexibility index (Phi) is 2.95. The monoisotopic (exact) mass is 215 g/mol. The minimum Gasteiger partial charge on any atom is -0.362 e. The Morgan fingerprint density at radius 3 is 2.75 bits per heavy atom. The summed E-state index contributed by atoms with van der Waals surface area (Å²) in [6.45, 7) is 2.01. The highest BCUT2D eigenvalue weighted by molar-refractivity contribution is 6.04. The van der Waals surface area contributed by atoms with Crippen LogP contribution in [0, 0.1) is 0 Å². The number of fused-ring (bicyclic) bond motifs is 1. The molecule has 2 rings (SSSR count). The first-order valence-electron chi connectivity index (χ1n) is 5.46. The average molecular weight is 215 g/mol. The molecule has 3 nitrogen and oxygen atoms in total. The average Bonchev–Trinajstić information content (AvgIpc) is 2.28. The van der Waals surface area contributed by atoms with Gasteiger partial charge in [-0.3, -0.25) is 0 Å². The number of benzene rings is 1. The van der Waals surface area contributed by atoms with E-state index in [1.807, 2.05) is 39.2 Å². The van der Waals surface area contributed by atoms with Crippen molar-refractivity contribution in [2.45, 2.75) is 13.1 Å². The van der Waals surface area contributed by atoms with Gasteiger partial charge in [0.2, 0.25) is 0 Å². The number of nitrogens with zero attached hydrogens (tertiary/aromatic N) is 2. The molecule has 1 N–H and O–H groups in total. The van der Waals surface area contributed by atoms with Crippen molar-refractivity contribution in [2.75, 3.05) is 19.4 Å². The molecule has 0 fully saturated rings. The Morgan fingerprint density at radius 1 is 1.31 bits per heavy atom. The molecule has 16 heavy (non-hydrogen) atoms. The van der Waals surface area contributed by atoms with E-state index in [1.165, 1.54) is 0 Å². The zero-order valence-corrected chi connectivity index (χ0v) is 9.94. The van der Waals surface area contributed by atoms with Crippen LogP contribution in [-0.2, 0) is 0 Å². The lowest BCUT2D eigenvalue weighted by Gasteiger charge is -2.27. The minimum atomic E-state index is 0.0392. The molecule has 84 valence electrons. The second kappa shape index (κ2) is 4.39. The third-order valence-electron chi connectivity index (χ3n) is 2.53. The van der Waals surface area contributed by atoms with Crippen LogP contribution < -0.4 is 5.32 Å². The number of nitrogens with one attached hydrogen (secondary N) is 1. The van der Waals surface area contributed by atoms with Crippen LogP contribution in [0.15, 0.2) is 41.4 Å². The number of amidine groups is 1. The number of anilines is 1. The fourth-order valence-corrected chi connectivity index (χ4v) is 1.83. The lowest BCUT2D eigenvalue weighted by Crippen LogP contribution is -2.32. The highest BCUT2D eigenvalue weighted by atomic mass is 15.2. The van der Waals surface area contributed by atoms with Crippen LogP contribution in [0.3, 0.4) is 0 Å². The maximum Gasteiger partial charge on any atom is 0.140 e. The van der Waals surface area contributed by atoms with Gasteiger partial charge in [-0.1, -0.05) is 18.2 Å². The van der Waals surface area contributed by atoms with Gasteiger partial charge in [0.25, 0.3) is 0 Å². The van der Waals surface area contributed by atoms with Gasteiger partial charge < -0.3 is 10.2 Å². The molecule has 0 radical (unpaired) electrons. The van der Waals surface area contributed by atoms with Crippen molar-refractivity contribution in [1.29, 1.82) is 0 Å². The Bertz CT molecular complexity index is 433. The number of rotatable bonds is 1. The van der Waals surface area contributed by atoms with Crippen molar-refractivity contribution < 1.29 is 0 Å². The normalized spacial score (nSPS) is 18.9. The van der Waals surface area contributed by atoms with Gasteiger partial charge >= 0.3 is 0 Å². The number of hydrogen-bond acceptors (Lipinski definition) is 3. The largest absolute Gasteiger partial charge is 0.362 e. The van der Waals surface area contributed by atoms with Gasteiger partial charge in [-0.05, 0) is 25.1 Å². The molecule has 0 saturated carbocycles. The molecule has 1 aromatic rings. The van der Waals surface area contributed by atoms with Gasteiger partial charge in [0, 0.05) is 25.3 Å². The maximum absolute atomic E-state index is 4.66. The molecule has 0 aliphatic carbocycles. The Balaban J connectivity index is 2.45. The molecule has 1 aromatic carbocycles. The predicted molar refractivity (Wildman–Crippen MR) is 68.9 cm³/mol. The van der Waals surface area contributed by atoms with Crippen LogP contribution >= 0.6 is 0 Å². The fourth-order valence-electron chi connectivity index (χ4n) is 1.83. The molecule has 0 spiro atoms. The standard InChI is InChI=1S/C13H17N3/c1-4-7-12-14-11-9-6-5-8-10(11)13(15-12)16(2)3/h4-9,12,14H,1-3H3. The third-order valence-corrected chi connectivity index (χ3v) is 2.53. The minimum absolute atomic E-state index is 0.0392. The quantitative estimate of drug-likeness (QED) is 0.728. The van der Waals surface area contributed by atoms with Crippen LogP contribution in [0.1, 0.15) is 12.5 Å². The summed E-state index contributed by atoms with van der Waals surface area (Å²) in [6, 6.07) is 8.25. The summed E-state index contributed by atoms with van der Waals surface area (Å²) in [7, 11) is 4.04. The van der Waals surface area contributed by atoms with Gasteiger partial charge in [0.05, 0.1) is 0 Å². The van der Waals surface area contributed by atoms with Crippen LogP contribution in [0.25, 0.3) is 0 Å². The van der Waals surface area contributed by atoms with E-state index >= 15 is 0 Å². The van der Waals surface area contributed by atoms with Crippen LogP contribution in [0.5, 0.6) is 0 Å². The first-order valence-corrected chi connectivity index (χ1v) is 5.46. The number of hydrogen-bond donors (Lipinski definition) is 1. The molecule has 1 atom stereocenters. The van der Waals surface area contributed by atoms with E-state index in [1.54, 1.807) is 0 Å². The number of allylic oxidation sites excluding steroid dienone is 1. The van der Waals surface area contributed by atoms with E-state index in [-0.39, 0.29) is 6.17 Å². The van der Waals surface area contributed by atoms with Gasteiger partial charge in [-0.25, -0.2) is 4.99 Å². The molecule has 0 bridgehead atoms. The summed E-state index contributed by atoms with van der Waals surface area (Å²) in [5.74, 6) is 1.03. The van der Waals surface area contributed by atoms with Crippen molar-refractivity contribution >= 4 is 11.5 Å². The van der Waals surface area contributed by atoms with Crippen LogP contribution in [-0.4, -0.2) is 31.0 Å². The van der Waals surface area contributed by atoms with E-state index < -0.39 is 0 Å². The molecule has 0 aromatic heterocycles. The summed E-state index contributed by atoms with van der Waals surface area (Å²) in [4.78, 5) is 6.71. The lowest BCUT2D eigenvalue weighted by molar-refractivity contribution is 0.613. The molecular weight excluding hydrogens is 198 g/mol. The van der Waals surface area contributed by atoms with E-state index in [0.29, 0.717) is 0 Å². The highest BCUT2D eigenvalue weighted by Gasteiger charge is 2.18. The second-order valence-corrected chi connectivity index (χ2v) is 4.01.